The van der Waals surface area contributed by atoms with E-state index in [1.807, 2.05) is 0 Å². The van der Waals surface area contributed by atoms with Crippen LogP contribution in [-0.4, -0.2) is 37.0 Å². The second-order valence-electron chi connectivity index (χ2n) is 5.80. The normalized spacial score (nSPS) is 22.6. The lowest BCUT2D eigenvalue weighted by molar-refractivity contribution is -0.114. The number of rotatable bonds is 4. The number of amides is 1. The van der Waals surface area contributed by atoms with Crippen molar-refractivity contribution >= 4 is 12.4 Å². The summed E-state index contributed by atoms with van der Waals surface area (Å²) in [4.78, 5) is 24.2. The van der Waals surface area contributed by atoms with Crippen molar-refractivity contribution in [2.24, 2.45) is 11.3 Å². The molecule has 102 valence electrons. The SMILES string of the molecule is CCCCOC(=O)N1CC2(CCC(C=O)CC2)C1. The van der Waals surface area contributed by atoms with Crippen molar-refractivity contribution in [1.29, 1.82) is 0 Å². The van der Waals surface area contributed by atoms with E-state index < -0.39 is 0 Å². The number of likely N-dealkylation sites (tertiary alicyclic amines) is 1. The first kappa shape index (κ1) is 13.4. The predicted molar refractivity (Wildman–Crippen MR) is 68.3 cm³/mol. The quantitative estimate of drug-likeness (QED) is 0.571. The number of hydrogen-bond donors (Lipinski definition) is 0. The molecule has 1 aliphatic heterocycles. The summed E-state index contributed by atoms with van der Waals surface area (Å²) in [6, 6.07) is 0. The molecule has 18 heavy (non-hydrogen) atoms. The molecule has 2 aliphatic rings. The van der Waals surface area contributed by atoms with Crippen molar-refractivity contribution < 1.29 is 14.3 Å². The first-order valence-corrected chi connectivity index (χ1v) is 7.06. The fourth-order valence-corrected chi connectivity index (χ4v) is 2.99. The topological polar surface area (TPSA) is 46.6 Å². The number of ether oxygens (including phenoxy) is 1. The average molecular weight is 253 g/mol. The van der Waals surface area contributed by atoms with Gasteiger partial charge in [-0.25, -0.2) is 4.79 Å². The van der Waals surface area contributed by atoms with Crippen molar-refractivity contribution in [3.05, 3.63) is 0 Å². The Labute approximate surface area is 109 Å². The van der Waals surface area contributed by atoms with Crippen LogP contribution in [0.3, 0.4) is 0 Å². The minimum absolute atomic E-state index is 0.161. The Morgan fingerprint density at radius 2 is 2.06 bits per heavy atom. The van der Waals surface area contributed by atoms with Crippen molar-refractivity contribution in [3.8, 4) is 0 Å². The van der Waals surface area contributed by atoms with Gasteiger partial charge in [0.15, 0.2) is 0 Å². The molecule has 0 bridgehead atoms. The van der Waals surface area contributed by atoms with E-state index in [2.05, 4.69) is 6.92 Å². The van der Waals surface area contributed by atoms with Crippen molar-refractivity contribution in [1.82, 2.24) is 4.90 Å². The second kappa shape index (κ2) is 5.72. The molecular weight excluding hydrogens is 230 g/mol. The summed E-state index contributed by atoms with van der Waals surface area (Å²) in [5.41, 5.74) is 0.295. The minimum atomic E-state index is -0.161. The van der Waals surface area contributed by atoms with Gasteiger partial charge in [-0.05, 0) is 32.1 Å². The van der Waals surface area contributed by atoms with Crippen LogP contribution in [0.25, 0.3) is 0 Å². The summed E-state index contributed by atoms with van der Waals surface area (Å²) >= 11 is 0. The van der Waals surface area contributed by atoms with Gasteiger partial charge in [-0.15, -0.1) is 0 Å². The molecule has 0 unspecified atom stereocenters. The summed E-state index contributed by atoms with van der Waals surface area (Å²) in [5, 5.41) is 0. The van der Waals surface area contributed by atoms with E-state index in [1.165, 1.54) is 0 Å². The van der Waals surface area contributed by atoms with Crippen LogP contribution in [0.15, 0.2) is 0 Å². The molecular formula is C14H23NO3. The second-order valence-corrected chi connectivity index (χ2v) is 5.80. The van der Waals surface area contributed by atoms with E-state index in [9.17, 15) is 9.59 Å². The smallest absolute Gasteiger partial charge is 0.409 e. The van der Waals surface area contributed by atoms with E-state index in [0.717, 1.165) is 57.9 Å². The van der Waals surface area contributed by atoms with E-state index >= 15 is 0 Å². The highest BCUT2D eigenvalue weighted by molar-refractivity contribution is 5.69. The Hall–Kier alpha value is -1.06. The zero-order chi connectivity index (χ0) is 13.0. The summed E-state index contributed by atoms with van der Waals surface area (Å²) in [5.74, 6) is 0.251. The Bertz CT molecular complexity index is 300. The average Bonchev–Trinajstić information content (AvgIpc) is 2.36. The van der Waals surface area contributed by atoms with Crippen LogP contribution in [0, 0.1) is 11.3 Å². The summed E-state index contributed by atoms with van der Waals surface area (Å²) < 4.78 is 5.19. The van der Waals surface area contributed by atoms with Crippen LogP contribution in [0.5, 0.6) is 0 Å². The Kier molecular flexibility index (Phi) is 4.25. The van der Waals surface area contributed by atoms with Gasteiger partial charge >= 0.3 is 6.09 Å². The summed E-state index contributed by atoms with van der Waals surface area (Å²) in [6.07, 6.45) is 7.04. The van der Waals surface area contributed by atoms with E-state index in [1.54, 1.807) is 4.90 Å². The van der Waals surface area contributed by atoms with E-state index in [4.69, 9.17) is 4.74 Å². The van der Waals surface area contributed by atoms with Crippen LogP contribution in [0.1, 0.15) is 45.4 Å². The Morgan fingerprint density at radius 1 is 1.39 bits per heavy atom. The first-order valence-electron chi connectivity index (χ1n) is 7.06. The third-order valence-electron chi connectivity index (χ3n) is 4.32. The van der Waals surface area contributed by atoms with Crippen LogP contribution >= 0.6 is 0 Å². The van der Waals surface area contributed by atoms with Gasteiger partial charge in [0.1, 0.15) is 6.29 Å². The van der Waals surface area contributed by atoms with Crippen LogP contribution in [-0.2, 0) is 9.53 Å². The van der Waals surface area contributed by atoms with Gasteiger partial charge in [-0.3, -0.25) is 0 Å². The molecule has 4 heteroatoms. The molecule has 0 N–H and O–H groups in total. The zero-order valence-corrected chi connectivity index (χ0v) is 11.2. The lowest BCUT2D eigenvalue weighted by Gasteiger charge is -2.52. The molecule has 1 spiro atoms. The van der Waals surface area contributed by atoms with Gasteiger partial charge < -0.3 is 14.4 Å². The molecule has 2 fully saturated rings. The van der Waals surface area contributed by atoms with Crippen molar-refractivity contribution in [2.45, 2.75) is 45.4 Å². The monoisotopic (exact) mass is 253 g/mol. The standard InChI is InChI=1S/C14H23NO3/c1-2-3-8-18-13(17)15-10-14(11-15)6-4-12(9-16)5-7-14/h9,12H,2-8,10-11H2,1H3. The number of unbranched alkanes of at least 4 members (excludes halogenated alkanes) is 1. The highest BCUT2D eigenvalue weighted by Gasteiger charge is 2.47. The maximum Gasteiger partial charge on any atom is 0.409 e. The molecule has 0 aromatic heterocycles. The molecule has 1 saturated carbocycles. The number of nitrogens with zero attached hydrogens (tertiary/aromatic N) is 1. The van der Waals surface area contributed by atoms with Gasteiger partial charge in [-0.2, -0.15) is 0 Å². The number of hydrogen-bond acceptors (Lipinski definition) is 3. The maximum atomic E-state index is 11.7. The predicted octanol–water partition coefficient (Wildman–Crippen LogP) is 2.61. The van der Waals surface area contributed by atoms with Crippen molar-refractivity contribution in [3.63, 3.8) is 0 Å². The summed E-state index contributed by atoms with van der Waals surface area (Å²) in [6.45, 7) is 4.26. The lowest BCUT2D eigenvalue weighted by Crippen LogP contribution is -2.59. The minimum Gasteiger partial charge on any atom is -0.449 e. The van der Waals surface area contributed by atoms with Gasteiger partial charge in [0.2, 0.25) is 0 Å². The molecule has 4 nitrogen and oxygen atoms in total. The molecule has 1 aliphatic carbocycles. The molecule has 0 atom stereocenters. The van der Waals surface area contributed by atoms with Gasteiger partial charge in [0.05, 0.1) is 6.61 Å². The Balaban J connectivity index is 1.70. The molecule has 1 heterocycles. The molecule has 1 amide bonds. The Morgan fingerprint density at radius 3 is 2.61 bits per heavy atom. The van der Waals surface area contributed by atoms with Crippen LogP contribution in [0.2, 0.25) is 0 Å². The fraction of sp³-hybridized carbons (Fsp3) is 0.857. The highest BCUT2D eigenvalue weighted by atomic mass is 16.6. The van der Waals surface area contributed by atoms with Gasteiger partial charge in [-0.1, -0.05) is 13.3 Å². The fourth-order valence-electron chi connectivity index (χ4n) is 2.99. The third-order valence-corrected chi connectivity index (χ3v) is 4.32. The lowest BCUT2D eigenvalue weighted by atomic mass is 9.66. The summed E-state index contributed by atoms with van der Waals surface area (Å²) in [7, 11) is 0. The number of carbonyl (C=O) groups excluding carboxylic acids is 2. The van der Waals surface area contributed by atoms with Gasteiger partial charge in [0.25, 0.3) is 0 Å². The molecule has 1 saturated heterocycles. The third kappa shape index (κ3) is 2.85. The van der Waals surface area contributed by atoms with Crippen molar-refractivity contribution in [2.75, 3.05) is 19.7 Å². The largest absolute Gasteiger partial charge is 0.449 e. The number of carbonyl (C=O) groups is 2. The molecule has 0 aromatic carbocycles. The maximum absolute atomic E-state index is 11.7. The van der Waals surface area contributed by atoms with Crippen LogP contribution in [0.4, 0.5) is 4.79 Å². The highest BCUT2D eigenvalue weighted by Crippen LogP contribution is 2.45. The first-order chi connectivity index (χ1) is 8.69. The van der Waals surface area contributed by atoms with E-state index in [0.29, 0.717) is 12.0 Å². The van der Waals surface area contributed by atoms with Gasteiger partial charge in [0, 0.05) is 24.4 Å². The molecule has 0 radical (unpaired) electrons. The molecule has 0 aromatic rings. The number of aldehydes is 1. The van der Waals surface area contributed by atoms with Crippen LogP contribution < -0.4 is 0 Å². The molecule has 2 rings (SSSR count). The van der Waals surface area contributed by atoms with E-state index in [-0.39, 0.29) is 12.0 Å². The zero-order valence-electron chi connectivity index (χ0n) is 11.2.